The third-order valence-corrected chi connectivity index (χ3v) is 1.65. The lowest BCUT2D eigenvalue weighted by molar-refractivity contribution is -0.168. The van der Waals surface area contributed by atoms with Gasteiger partial charge in [-0.1, -0.05) is 0 Å². The summed E-state index contributed by atoms with van der Waals surface area (Å²) in [5, 5.41) is 0. The standard InChI is InChI=1S/C7H12O4/c1-5(8)7(2,11-4)6(9)10-3/h1-4H3. The predicted molar refractivity (Wildman–Crippen MR) is 38.1 cm³/mol. The van der Waals surface area contributed by atoms with Gasteiger partial charge in [0.05, 0.1) is 7.11 Å². The van der Waals surface area contributed by atoms with Gasteiger partial charge in [0.1, 0.15) is 0 Å². The zero-order chi connectivity index (χ0) is 9.07. The monoisotopic (exact) mass is 160 g/mol. The van der Waals surface area contributed by atoms with Crippen molar-refractivity contribution in [3.63, 3.8) is 0 Å². The first-order valence-corrected chi connectivity index (χ1v) is 3.13. The van der Waals surface area contributed by atoms with Gasteiger partial charge in [-0.2, -0.15) is 0 Å². The Bertz CT molecular complexity index is 175. The molecule has 0 aliphatic carbocycles. The first-order chi connectivity index (χ1) is 4.99. The number of rotatable bonds is 3. The van der Waals surface area contributed by atoms with E-state index in [1.807, 2.05) is 0 Å². The topological polar surface area (TPSA) is 52.6 Å². The van der Waals surface area contributed by atoms with Gasteiger partial charge in [0.2, 0.25) is 5.60 Å². The van der Waals surface area contributed by atoms with E-state index in [4.69, 9.17) is 4.74 Å². The summed E-state index contributed by atoms with van der Waals surface area (Å²) in [6.07, 6.45) is 0. The van der Waals surface area contributed by atoms with E-state index in [9.17, 15) is 9.59 Å². The van der Waals surface area contributed by atoms with Crippen molar-refractivity contribution in [1.82, 2.24) is 0 Å². The van der Waals surface area contributed by atoms with Crippen molar-refractivity contribution in [2.24, 2.45) is 0 Å². The van der Waals surface area contributed by atoms with E-state index >= 15 is 0 Å². The van der Waals surface area contributed by atoms with E-state index in [-0.39, 0.29) is 5.78 Å². The van der Waals surface area contributed by atoms with Crippen LogP contribution in [0.25, 0.3) is 0 Å². The summed E-state index contributed by atoms with van der Waals surface area (Å²) in [4.78, 5) is 21.8. The Labute approximate surface area is 65.5 Å². The summed E-state index contributed by atoms with van der Waals surface area (Å²) < 4.78 is 9.11. The van der Waals surface area contributed by atoms with Gasteiger partial charge in [0.15, 0.2) is 5.78 Å². The van der Waals surface area contributed by atoms with Gasteiger partial charge >= 0.3 is 5.97 Å². The molecule has 0 fully saturated rings. The summed E-state index contributed by atoms with van der Waals surface area (Å²) in [5.74, 6) is -1.04. The lowest BCUT2D eigenvalue weighted by atomic mass is 10.0. The maximum atomic E-state index is 10.9. The zero-order valence-corrected chi connectivity index (χ0v) is 7.13. The first kappa shape index (κ1) is 10.1. The van der Waals surface area contributed by atoms with E-state index < -0.39 is 11.6 Å². The summed E-state index contributed by atoms with van der Waals surface area (Å²) >= 11 is 0. The number of hydrogen-bond donors (Lipinski definition) is 0. The highest BCUT2D eigenvalue weighted by molar-refractivity contribution is 6.05. The van der Waals surface area contributed by atoms with Crippen LogP contribution in [0, 0.1) is 0 Å². The molecule has 0 aliphatic heterocycles. The third kappa shape index (κ3) is 1.77. The molecule has 1 atom stereocenters. The number of carbonyl (C=O) groups excluding carboxylic acids is 2. The van der Waals surface area contributed by atoms with Crippen LogP contribution in [0.15, 0.2) is 0 Å². The van der Waals surface area contributed by atoms with E-state index in [1.54, 1.807) is 0 Å². The van der Waals surface area contributed by atoms with Crippen LogP contribution >= 0.6 is 0 Å². The lowest BCUT2D eigenvalue weighted by Gasteiger charge is -2.21. The van der Waals surface area contributed by atoms with Crippen molar-refractivity contribution in [2.75, 3.05) is 14.2 Å². The molecule has 0 aromatic heterocycles. The van der Waals surface area contributed by atoms with Crippen molar-refractivity contribution in [2.45, 2.75) is 19.4 Å². The van der Waals surface area contributed by atoms with Crippen LogP contribution in [-0.2, 0) is 19.1 Å². The molecule has 0 saturated heterocycles. The van der Waals surface area contributed by atoms with Gasteiger partial charge in [-0.15, -0.1) is 0 Å². The average Bonchev–Trinajstić information content (AvgIpc) is 2.01. The molecule has 0 heterocycles. The fourth-order valence-corrected chi connectivity index (χ4v) is 0.566. The highest BCUT2D eigenvalue weighted by atomic mass is 16.6. The number of ketones is 1. The quantitative estimate of drug-likeness (QED) is 0.435. The second-order valence-electron chi connectivity index (χ2n) is 2.29. The highest BCUT2D eigenvalue weighted by Gasteiger charge is 2.39. The maximum absolute atomic E-state index is 10.9. The van der Waals surface area contributed by atoms with Crippen LogP contribution in [0.2, 0.25) is 0 Å². The number of Topliss-reactive ketones (excluding diaryl/α,β-unsaturated/α-hetero) is 1. The number of carbonyl (C=O) groups is 2. The van der Waals surface area contributed by atoms with Gasteiger partial charge in [0.25, 0.3) is 0 Å². The SMILES string of the molecule is COC(=O)C(C)(OC)C(C)=O. The van der Waals surface area contributed by atoms with Gasteiger partial charge < -0.3 is 9.47 Å². The smallest absolute Gasteiger partial charge is 0.345 e. The molecule has 4 nitrogen and oxygen atoms in total. The van der Waals surface area contributed by atoms with Crippen molar-refractivity contribution in [3.05, 3.63) is 0 Å². The largest absolute Gasteiger partial charge is 0.467 e. The van der Waals surface area contributed by atoms with Crippen molar-refractivity contribution >= 4 is 11.8 Å². The van der Waals surface area contributed by atoms with E-state index in [2.05, 4.69) is 4.74 Å². The number of methoxy groups -OCH3 is 2. The number of hydrogen-bond acceptors (Lipinski definition) is 4. The van der Waals surface area contributed by atoms with Crippen LogP contribution in [-0.4, -0.2) is 31.6 Å². The summed E-state index contributed by atoms with van der Waals surface area (Å²) in [6.45, 7) is 2.65. The van der Waals surface area contributed by atoms with Crippen molar-refractivity contribution in [3.8, 4) is 0 Å². The molecule has 4 heteroatoms. The number of esters is 1. The van der Waals surface area contributed by atoms with Crippen molar-refractivity contribution < 1.29 is 19.1 Å². The Hall–Kier alpha value is -0.900. The van der Waals surface area contributed by atoms with Crippen LogP contribution in [0.1, 0.15) is 13.8 Å². The molecule has 0 bridgehead atoms. The summed E-state index contributed by atoms with van der Waals surface area (Å²) in [5.41, 5.74) is -1.45. The molecule has 0 rings (SSSR count). The Morgan fingerprint density at radius 1 is 1.27 bits per heavy atom. The molecule has 0 aromatic rings. The fraction of sp³-hybridized carbons (Fsp3) is 0.714. The maximum Gasteiger partial charge on any atom is 0.345 e. The fourth-order valence-electron chi connectivity index (χ4n) is 0.566. The highest BCUT2D eigenvalue weighted by Crippen LogP contribution is 2.11. The third-order valence-electron chi connectivity index (χ3n) is 1.65. The first-order valence-electron chi connectivity index (χ1n) is 3.13. The molecule has 0 aromatic carbocycles. The minimum absolute atomic E-state index is 0.369. The molecular formula is C7H12O4. The van der Waals surface area contributed by atoms with Crippen LogP contribution in [0.5, 0.6) is 0 Å². The van der Waals surface area contributed by atoms with Gasteiger partial charge in [0, 0.05) is 7.11 Å². The molecule has 64 valence electrons. The Kier molecular flexibility index (Phi) is 3.19. The minimum atomic E-state index is -1.45. The van der Waals surface area contributed by atoms with E-state index in [0.717, 1.165) is 0 Å². The van der Waals surface area contributed by atoms with Crippen LogP contribution in [0.4, 0.5) is 0 Å². The molecule has 0 saturated carbocycles. The molecular weight excluding hydrogens is 148 g/mol. The van der Waals surface area contributed by atoms with E-state index in [0.29, 0.717) is 0 Å². The molecule has 11 heavy (non-hydrogen) atoms. The van der Waals surface area contributed by atoms with Gasteiger partial charge in [-0.3, -0.25) is 4.79 Å². The second kappa shape index (κ2) is 3.48. The van der Waals surface area contributed by atoms with Gasteiger partial charge in [-0.25, -0.2) is 4.79 Å². The summed E-state index contributed by atoms with van der Waals surface area (Å²) in [7, 11) is 2.50. The van der Waals surface area contributed by atoms with E-state index in [1.165, 1.54) is 28.1 Å². The zero-order valence-electron chi connectivity index (χ0n) is 7.13. The van der Waals surface area contributed by atoms with Gasteiger partial charge in [-0.05, 0) is 13.8 Å². The lowest BCUT2D eigenvalue weighted by Crippen LogP contribution is -2.44. The van der Waals surface area contributed by atoms with Crippen LogP contribution in [0.3, 0.4) is 0 Å². The molecule has 1 unspecified atom stereocenters. The summed E-state index contributed by atoms with van der Waals surface area (Å²) in [6, 6.07) is 0. The second-order valence-corrected chi connectivity index (χ2v) is 2.29. The Morgan fingerprint density at radius 2 is 1.73 bits per heavy atom. The predicted octanol–water partition coefficient (Wildman–Crippen LogP) is 0.153. The Morgan fingerprint density at radius 3 is 1.82 bits per heavy atom. The molecule has 0 radical (unpaired) electrons. The number of ether oxygens (including phenoxy) is 2. The van der Waals surface area contributed by atoms with Crippen molar-refractivity contribution in [1.29, 1.82) is 0 Å². The molecule has 0 N–H and O–H groups in total. The molecule has 0 spiro atoms. The average molecular weight is 160 g/mol. The molecule has 0 amide bonds. The Balaban J connectivity index is 4.59. The molecule has 0 aliphatic rings. The minimum Gasteiger partial charge on any atom is -0.467 e. The van der Waals surface area contributed by atoms with Crippen LogP contribution < -0.4 is 0 Å². The normalized spacial score (nSPS) is 15.3.